The zero-order valence-corrected chi connectivity index (χ0v) is 12.8. The van der Waals surface area contributed by atoms with E-state index in [-0.39, 0.29) is 18.2 Å². The maximum atomic E-state index is 12.7. The van der Waals surface area contributed by atoms with Crippen LogP contribution in [0.15, 0.2) is 24.3 Å². The van der Waals surface area contributed by atoms with Crippen LogP contribution in [0.1, 0.15) is 12.8 Å². The molecule has 1 saturated heterocycles. The first kappa shape index (κ1) is 17.2. The number of rotatable bonds is 6. The van der Waals surface area contributed by atoms with Gasteiger partial charge in [-0.2, -0.15) is 0 Å². The molecular formula is C15H24ClFN2O. The normalized spacial score (nSPS) is 18.6. The molecule has 1 aliphatic heterocycles. The molecule has 20 heavy (non-hydrogen) atoms. The Morgan fingerprint density at radius 1 is 1.35 bits per heavy atom. The topological polar surface area (TPSA) is 24.5 Å². The van der Waals surface area contributed by atoms with Gasteiger partial charge >= 0.3 is 0 Å². The van der Waals surface area contributed by atoms with E-state index < -0.39 is 0 Å². The zero-order valence-electron chi connectivity index (χ0n) is 12.0. The van der Waals surface area contributed by atoms with E-state index in [1.807, 2.05) is 0 Å². The first-order chi connectivity index (χ1) is 9.24. The second-order valence-corrected chi connectivity index (χ2v) is 5.28. The van der Waals surface area contributed by atoms with Crippen LogP contribution in [0.3, 0.4) is 0 Å². The monoisotopic (exact) mass is 302 g/mol. The van der Waals surface area contributed by atoms with E-state index in [1.165, 1.54) is 25.0 Å². The van der Waals surface area contributed by atoms with Gasteiger partial charge in [0.2, 0.25) is 0 Å². The lowest BCUT2D eigenvalue weighted by Crippen LogP contribution is -2.38. The fourth-order valence-corrected chi connectivity index (χ4v) is 2.46. The molecule has 5 heteroatoms. The molecule has 1 N–H and O–H groups in total. The minimum absolute atomic E-state index is 0. The molecule has 0 saturated carbocycles. The van der Waals surface area contributed by atoms with E-state index in [9.17, 15) is 4.39 Å². The molecular weight excluding hydrogens is 279 g/mol. The standard InChI is InChI=1S/C15H23FN2O.ClH/c1-18(12-13-3-2-8-17-11-13)9-10-19-15-6-4-14(16)5-7-15;/h4-7,13,17H,2-3,8-12H2,1H3;1H. The van der Waals surface area contributed by atoms with Crippen LogP contribution in [0.25, 0.3) is 0 Å². The summed E-state index contributed by atoms with van der Waals surface area (Å²) in [5, 5.41) is 3.43. The molecule has 0 radical (unpaired) electrons. The minimum Gasteiger partial charge on any atom is -0.492 e. The molecule has 0 aliphatic carbocycles. The molecule has 114 valence electrons. The molecule has 1 aliphatic rings. The number of hydrogen-bond acceptors (Lipinski definition) is 3. The Labute approximate surface area is 126 Å². The third-order valence-electron chi connectivity index (χ3n) is 3.52. The largest absolute Gasteiger partial charge is 0.492 e. The van der Waals surface area contributed by atoms with Crippen molar-refractivity contribution in [2.75, 3.05) is 39.8 Å². The molecule has 2 rings (SSSR count). The number of hydrogen-bond donors (Lipinski definition) is 1. The van der Waals surface area contributed by atoms with Crippen LogP contribution in [-0.2, 0) is 0 Å². The van der Waals surface area contributed by atoms with Crippen molar-refractivity contribution in [1.29, 1.82) is 0 Å². The van der Waals surface area contributed by atoms with Gasteiger partial charge in [0.25, 0.3) is 0 Å². The average Bonchev–Trinajstić information content (AvgIpc) is 2.42. The Hall–Kier alpha value is -0.840. The van der Waals surface area contributed by atoms with E-state index >= 15 is 0 Å². The maximum Gasteiger partial charge on any atom is 0.123 e. The Bertz CT molecular complexity index is 369. The van der Waals surface area contributed by atoms with Gasteiger partial charge in [-0.05, 0) is 63.2 Å². The molecule has 0 spiro atoms. The van der Waals surface area contributed by atoms with E-state index in [4.69, 9.17) is 4.74 Å². The highest BCUT2D eigenvalue weighted by Gasteiger charge is 2.14. The van der Waals surface area contributed by atoms with Gasteiger partial charge in [0, 0.05) is 13.1 Å². The minimum atomic E-state index is -0.228. The van der Waals surface area contributed by atoms with Gasteiger partial charge in [-0.15, -0.1) is 12.4 Å². The summed E-state index contributed by atoms with van der Waals surface area (Å²) in [6.45, 7) is 4.94. The molecule has 1 heterocycles. The van der Waals surface area contributed by atoms with Crippen LogP contribution in [0, 0.1) is 11.7 Å². The molecule has 3 nitrogen and oxygen atoms in total. The summed E-state index contributed by atoms with van der Waals surface area (Å²) < 4.78 is 18.3. The van der Waals surface area contributed by atoms with Gasteiger partial charge in [0.15, 0.2) is 0 Å². The first-order valence-electron chi connectivity index (χ1n) is 7.01. The highest BCUT2D eigenvalue weighted by Crippen LogP contribution is 2.12. The molecule has 1 unspecified atom stereocenters. The van der Waals surface area contributed by atoms with Crippen molar-refractivity contribution in [1.82, 2.24) is 10.2 Å². The molecule has 1 fully saturated rings. The van der Waals surface area contributed by atoms with Crippen LogP contribution in [0.2, 0.25) is 0 Å². The number of ether oxygens (including phenoxy) is 1. The predicted molar refractivity (Wildman–Crippen MR) is 82.2 cm³/mol. The molecule has 1 atom stereocenters. The fourth-order valence-electron chi connectivity index (χ4n) is 2.46. The van der Waals surface area contributed by atoms with Crippen molar-refractivity contribution < 1.29 is 9.13 Å². The predicted octanol–water partition coefficient (Wildman–Crippen LogP) is 2.56. The highest BCUT2D eigenvalue weighted by molar-refractivity contribution is 5.85. The quantitative estimate of drug-likeness (QED) is 0.874. The lowest BCUT2D eigenvalue weighted by atomic mass is 9.99. The summed E-state index contributed by atoms with van der Waals surface area (Å²) in [6.07, 6.45) is 2.60. The summed E-state index contributed by atoms with van der Waals surface area (Å²) in [6, 6.07) is 6.18. The molecule has 0 aromatic heterocycles. The van der Waals surface area contributed by atoms with Crippen LogP contribution in [-0.4, -0.2) is 44.7 Å². The summed E-state index contributed by atoms with van der Waals surface area (Å²) in [4.78, 5) is 2.31. The van der Waals surface area contributed by atoms with Gasteiger partial charge in [0.05, 0.1) is 0 Å². The lowest BCUT2D eigenvalue weighted by Gasteiger charge is -2.27. The molecule has 1 aromatic rings. The summed E-state index contributed by atoms with van der Waals surface area (Å²) in [5.74, 6) is 1.26. The van der Waals surface area contributed by atoms with Crippen LogP contribution in [0.4, 0.5) is 4.39 Å². The van der Waals surface area contributed by atoms with Crippen molar-refractivity contribution in [3.05, 3.63) is 30.1 Å². The van der Waals surface area contributed by atoms with Crippen molar-refractivity contribution in [3.8, 4) is 5.75 Å². The van der Waals surface area contributed by atoms with Crippen LogP contribution >= 0.6 is 12.4 Å². The van der Waals surface area contributed by atoms with Gasteiger partial charge in [-0.1, -0.05) is 0 Å². The van der Waals surface area contributed by atoms with Crippen molar-refractivity contribution in [2.24, 2.45) is 5.92 Å². The number of nitrogens with one attached hydrogen (secondary N) is 1. The number of likely N-dealkylation sites (N-methyl/N-ethyl adjacent to an activating group) is 1. The highest BCUT2D eigenvalue weighted by atomic mass is 35.5. The average molecular weight is 303 g/mol. The molecule has 1 aromatic carbocycles. The van der Waals surface area contributed by atoms with E-state index in [0.717, 1.165) is 37.8 Å². The van der Waals surface area contributed by atoms with Gasteiger partial charge in [-0.25, -0.2) is 4.39 Å². The summed E-state index contributed by atoms with van der Waals surface area (Å²) >= 11 is 0. The Balaban J connectivity index is 0.00000200. The first-order valence-corrected chi connectivity index (χ1v) is 7.01. The van der Waals surface area contributed by atoms with Crippen molar-refractivity contribution in [3.63, 3.8) is 0 Å². The van der Waals surface area contributed by atoms with Gasteiger partial charge < -0.3 is 15.0 Å². The number of piperidine rings is 1. The van der Waals surface area contributed by atoms with Crippen molar-refractivity contribution >= 4 is 12.4 Å². The lowest BCUT2D eigenvalue weighted by molar-refractivity contribution is 0.200. The SMILES string of the molecule is CN(CCOc1ccc(F)cc1)CC1CCCNC1.Cl. The van der Waals surface area contributed by atoms with Crippen molar-refractivity contribution in [2.45, 2.75) is 12.8 Å². The molecule has 0 bridgehead atoms. The third kappa shape index (κ3) is 6.07. The summed E-state index contributed by atoms with van der Waals surface area (Å²) in [7, 11) is 2.13. The Morgan fingerprint density at radius 3 is 2.75 bits per heavy atom. The number of halogens is 2. The Morgan fingerprint density at radius 2 is 2.10 bits per heavy atom. The third-order valence-corrected chi connectivity index (χ3v) is 3.52. The molecule has 0 amide bonds. The van der Waals surface area contributed by atoms with E-state index in [1.54, 1.807) is 12.1 Å². The fraction of sp³-hybridized carbons (Fsp3) is 0.600. The van der Waals surface area contributed by atoms with Crippen LogP contribution in [0.5, 0.6) is 5.75 Å². The maximum absolute atomic E-state index is 12.7. The number of benzene rings is 1. The summed E-state index contributed by atoms with van der Waals surface area (Å²) in [5.41, 5.74) is 0. The van der Waals surface area contributed by atoms with Gasteiger partial charge in [-0.3, -0.25) is 0 Å². The zero-order chi connectivity index (χ0) is 13.5. The Kier molecular flexibility index (Phi) is 7.88. The van der Waals surface area contributed by atoms with E-state index in [2.05, 4.69) is 17.3 Å². The smallest absolute Gasteiger partial charge is 0.123 e. The second kappa shape index (κ2) is 9.16. The van der Waals surface area contributed by atoms with Crippen LogP contribution < -0.4 is 10.1 Å². The second-order valence-electron chi connectivity index (χ2n) is 5.28. The van der Waals surface area contributed by atoms with E-state index in [0.29, 0.717) is 6.61 Å². The number of nitrogens with zero attached hydrogens (tertiary/aromatic N) is 1. The van der Waals surface area contributed by atoms with Gasteiger partial charge in [0.1, 0.15) is 18.2 Å².